The molecule has 0 radical (unpaired) electrons. The number of nitrogens with zero attached hydrogens (tertiary/aromatic N) is 3. The minimum Gasteiger partial charge on any atom is -0.469 e. The molecule has 0 spiro atoms. The Bertz CT molecular complexity index is 481. The summed E-state index contributed by atoms with van der Waals surface area (Å²) in [5.41, 5.74) is 2.09. The molecule has 2 aromatic rings. The van der Waals surface area contributed by atoms with E-state index in [4.69, 9.17) is 16.0 Å². The highest BCUT2D eigenvalue weighted by atomic mass is 35.5. The fraction of sp³-hybridized carbons (Fsp3) is 0.333. The van der Waals surface area contributed by atoms with Gasteiger partial charge in [-0.25, -0.2) is 4.98 Å². The number of rotatable bonds is 4. The molecule has 0 saturated heterocycles. The summed E-state index contributed by atoms with van der Waals surface area (Å²) in [4.78, 5) is 10.4. The van der Waals surface area contributed by atoms with Crippen LogP contribution in [0.15, 0.2) is 29.1 Å². The van der Waals surface area contributed by atoms with Crippen LogP contribution in [0.5, 0.6) is 0 Å². The van der Waals surface area contributed by atoms with E-state index in [1.54, 1.807) is 18.7 Å². The van der Waals surface area contributed by atoms with Gasteiger partial charge in [0.1, 0.15) is 10.9 Å². The topological polar surface area (TPSA) is 42.2 Å². The summed E-state index contributed by atoms with van der Waals surface area (Å²) in [7, 11) is 2.03. The number of furan rings is 1. The van der Waals surface area contributed by atoms with Gasteiger partial charge in [-0.15, -0.1) is 0 Å². The zero-order chi connectivity index (χ0) is 12.3. The average Bonchev–Trinajstić information content (AvgIpc) is 2.68. The summed E-state index contributed by atoms with van der Waals surface area (Å²) >= 11 is 5.68. The van der Waals surface area contributed by atoms with Gasteiger partial charge in [0.15, 0.2) is 0 Å². The van der Waals surface area contributed by atoms with Crippen molar-refractivity contribution >= 4 is 11.6 Å². The van der Waals surface area contributed by atoms with Crippen LogP contribution in [-0.2, 0) is 13.1 Å². The molecule has 0 amide bonds. The van der Waals surface area contributed by atoms with E-state index >= 15 is 0 Å². The summed E-state index contributed by atoms with van der Waals surface area (Å²) < 4.78 is 5.26. The first-order valence-corrected chi connectivity index (χ1v) is 5.71. The molecule has 0 aromatic carbocycles. The van der Waals surface area contributed by atoms with Gasteiger partial charge in [-0.1, -0.05) is 11.6 Å². The SMILES string of the molecule is Cc1occc1CN(C)Cc1cnc(Cl)cn1. The first-order valence-electron chi connectivity index (χ1n) is 5.33. The number of hydrogen-bond acceptors (Lipinski definition) is 4. The van der Waals surface area contributed by atoms with Gasteiger partial charge in [-0.05, 0) is 20.0 Å². The molecular formula is C12H14ClN3O. The fourth-order valence-electron chi connectivity index (χ4n) is 1.62. The van der Waals surface area contributed by atoms with Gasteiger partial charge in [0.2, 0.25) is 0 Å². The monoisotopic (exact) mass is 251 g/mol. The Morgan fingerprint density at radius 3 is 2.71 bits per heavy atom. The first-order chi connectivity index (χ1) is 8.15. The molecule has 90 valence electrons. The van der Waals surface area contributed by atoms with Gasteiger partial charge >= 0.3 is 0 Å². The Labute approximate surface area is 105 Å². The molecule has 2 rings (SSSR count). The van der Waals surface area contributed by atoms with Crippen molar-refractivity contribution < 1.29 is 4.42 Å². The maximum Gasteiger partial charge on any atom is 0.147 e. The molecule has 0 aliphatic heterocycles. The summed E-state index contributed by atoms with van der Waals surface area (Å²) in [6, 6.07) is 1.99. The van der Waals surface area contributed by atoms with Crippen LogP contribution in [0.4, 0.5) is 0 Å². The van der Waals surface area contributed by atoms with Gasteiger partial charge in [0.05, 0.1) is 24.4 Å². The van der Waals surface area contributed by atoms with Crippen molar-refractivity contribution in [1.29, 1.82) is 0 Å². The molecule has 17 heavy (non-hydrogen) atoms. The summed E-state index contributed by atoms with van der Waals surface area (Å²) in [5, 5.41) is 0.419. The Morgan fingerprint density at radius 2 is 2.12 bits per heavy atom. The van der Waals surface area contributed by atoms with E-state index < -0.39 is 0 Å². The Balaban J connectivity index is 1.95. The highest BCUT2D eigenvalue weighted by molar-refractivity contribution is 6.29. The third kappa shape index (κ3) is 3.28. The van der Waals surface area contributed by atoms with Crippen molar-refractivity contribution in [2.75, 3.05) is 7.05 Å². The second kappa shape index (κ2) is 5.29. The average molecular weight is 252 g/mol. The van der Waals surface area contributed by atoms with Crippen molar-refractivity contribution in [2.24, 2.45) is 0 Å². The normalized spacial score (nSPS) is 11.1. The van der Waals surface area contributed by atoms with E-state index in [-0.39, 0.29) is 0 Å². The standard InChI is InChI=1S/C12H14ClN3O/c1-9-10(3-4-17-9)7-16(2)8-11-5-15-12(13)6-14-11/h3-6H,7-8H2,1-2H3. The van der Waals surface area contributed by atoms with Crippen molar-refractivity contribution in [3.8, 4) is 0 Å². The van der Waals surface area contributed by atoms with E-state index in [2.05, 4.69) is 14.9 Å². The van der Waals surface area contributed by atoms with Gasteiger partial charge in [0.25, 0.3) is 0 Å². The van der Waals surface area contributed by atoms with Crippen LogP contribution < -0.4 is 0 Å². The van der Waals surface area contributed by atoms with Gasteiger partial charge in [-0.2, -0.15) is 0 Å². The van der Waals surface area contributed by atoms with Crippen LogP contribution >= 0.6 is 11.6 Å². The quantitative estimate of drug-likeness (QED) is 0.838. The molecule has 0 aliphatic rings. The third-order valence-electron chi connectivity index (χ3n) is 2.51. The summed E-state index contributed by atoms with van der Waals surface area (Å²) in [6.07, 6.45) is 4.97. The van der Waals surface area contributed by atoms with Crippen LogP contribution in [0, 0.1) is 6.92 Å². The van der Waals surface area contributed by atoms with Crippen molar-refractivity contribution in [2.45, 2.75) is 20.0 Å². The maximum atomic E-state index is 5.68. The number of halogens is 1. The van der Waals surface area contributed by atoms with E-state index in [0.717, 1.165) is 24.5 Å². The molecule has 4 nitrogen and oxygen atoms in total. The molecule has 2 heterocycles. The van der Waals surface area contributed by atoms with E-state index in [1.807, 2.05) is 20.0 Å². The second-order valence-corrected chi connectivity index (χ2v) is 4.39. The van der Waals surface area contributed by atoms with Gasteiger partial charge in [-0.3, -0.25) is 9.88 Å². The van der Waals surface area contributed by atoms with Crippen molar-refractivity contribution in [1.82, 2.24) is 14.9 Å². The lowest BCUT2D eigenvalue weighted by molar-refractivity contribution is 0.312. The highest BCUT2D eigenvalue weighted by Crippen LogP contribution is 2.12. The molecular weight excluding hydrogens is 238 g/mol. The number of aryl methyl sites for hydroxylation is 1. The second-order valence-electron chi connectivity index (χ2n) is 4.00. The Kier molecular flexibility index (Phi) is 3.76. The van der Waals surface area contributed by atoms with E-state index in [9.17, 15) is 0 Å². The third-order valence-corrected chi connectivity index (χ3v) is 2.71. The summed E-state index contributed by atoms with van der Waals surface area (Å²) in [5.74, 6) is 0.957. The Hall–Kier alpha value is -1.39. The molecule has 2 aromatic heterocycles. The molecule has 0 aliphatic carbocycles. The molecule has 5 heteroatoms. The largest absolute Gasteiger partial charge is 0.469 e. The minimum atomic E-state index is 0.419. The molecule has 0 fully saturated rings. The molecule has 0 unspecified atom stereocenters. The van der Waals surface area contributed by atoms with Gasteiger partial charge in [0, 0.05) is 18.7 Å². The first kappa shape index (κ1) is 12.1. The van der Waals surface area contributed by atoms with Crippen LogP contribution in [-0.4, -0.2) is 21.9 Å². The molecule has 0 bridgehead atoms. The maximum absolute atomic E-state index is 5.68. The molecule has 0 atom stereocenters. The van der Waals surface area contributed by atoms with Crippen LogP contribution in [0.25, 0.3) is 0 Å². The highest BCUT2D eigenvalue weighted by Gasteiger charge is 2.07. The summed E-state index contributed by atoms with van der Waals surface area (Å²) in [6.45, 7) is 3.52. The van der Waals surface area contributed by atoms with Crippen LogP contribution in [0.3, 0.4) is 0 Å². The fourth-order valence-corrected chi connectivity index (χ4v) is 1.72. The van der Waals surface area contributed by atoms with Crippen molar-refractivity contribution in [3.05, 3.63) is 46.9 Å². The van der Waals surface area contributed by atoms with Crippen LogP contribution in [0.2, 0.25) is 5.15 Å². The zero-order valence-electron chi connectivity index (χ0n) is 9.85. The van der Waals surface area contributed by atoms with Gasteiger partial charge < -0.3 is 4.42 Å². The smallest absolute Gasteiger partial charge is 0.147 e. The zero-order valence-corrected chi connectivity index (χ0v) is 10.6. The molecule has 0 saturated carbocycles. The number of aromatic nitrogens is 2. The van der Waals surface area contributed by atoms with Crippen LogP contribution in [0.1, 0.15) is 17.0 Å². The predicted molar refractivity (Wildman–Crippen MR) is 65.7 cm³/mol. The number of hydrogen-bond donors (Lipinski definition) is 0. The predicted octanol–water partition coefficient (Wildman–Crippen LogP) is 2.66. The molecule has 0 N–H and O–H groups in total. The van der Waals surface area contributed by atoms with E-state index in [0.29, 0.717) is 5.15 Å². The lowest BCUT2D eigenvalue weighted by Crippen LogP contribution is -2.18. The minimum absolute atomic E-state index is 0.419. The lowest BCUT2D eigenvalue weighted by atomic mass is 10.2. The van der Waals surface area contributed by atoms with E-state index in [1.165, 1.54) is 5.56 Å². The van der Waals surface area contributed by atoms with Crippen molar-refractivity contribution in [3.63, 3.8) is 0 Å². The lowest BCUT2D eigenvalue weighted by Gasteiger charge is -2.15. The Morgan fingerprint density at radius 1 is 1.29 bits per heavy atom.